The van der Waals surface area contributed by atoms with Crippen LogP contribution in [0.5, 0.6) is 0 Å². The zero-order chi connectivity index (χ0) is 26.9. The Balaban J connectivity index is 1.41. The fourth-order valence-corrected chi connectivity index (χ4v) is 6.38. The van der Waals surface area contributed by atoms with E-state index in [0.717, 1.165) is 4.88 Å². The minimum absolute atomic E-state index is 0.00430. The molecule has 0 radical (unpaired) electrons. The SMILES string of the molecule is Cc1cc(C)nc(NS(=O)(=O)c2ccc3c(c2)CCN3C(=O)C(=Cc2cccs2)NC(=O)c2cccs2)n1. The Kier molecular flexibility index (Phi) is 7.11. The predicted octanol–water partition coefficient (Wildman–Crippen LogP) is 4.38. The van der Waals surface area contributed by atoms with Gasteiger partial charge in [-0.2, -0.15) is 0 Å². The normalized spacial score (nSPS) is 13.3. The Labute approximate surface area is 227 Å². The number of aromatic nitrogens is 2. The van der Waals surface area contributed by atoms with Gasteiger partial charge in [0.25, 0.3) is 21.8 Å². The number of thiophene rings is 2. The maximum Gasteiger partial charge on any atom is 0.274 e. The van der Waals surface area contributed by atoms with E-state index in [4.69, 9.17) is 0 Å². The first-order valence-electron chi connectivity index (χ1n) is 11.6. The maximum absolute atomic E-state index is 13.6. The molecule has 2 N–H and O–H groups in total. The summed E-state index contributed by atoms with van der Waals surface area (Å²) in [6, 6.07) is 13.6. The number of aryl methyl sites for hydroxylation is 2. The van der Waals surface area contributed by atoms with E-state index >= 15 is 0 Å². The van der Waals surface area contributed by atoms with Crippen LogP contribution < -0.4 is 14.9 Å². The number of amides is 2. The van der Waals surface area contributed by atoms with Crippen molar-refractivity contribution in [3.63, 3.8) is 0 Å². The van der Waals surface area contributed by atoms with Gasteiger partial charge in [-0.05, 0) is 79.1 Å². The molecule has 38 heavy (non-hydrogen) atoms. The maximum atomic E-state index is 13.6. The van der Waals surface area contributed by atoms with Crippen LogP contribution in [0.1, 0.15) is 31.5 Å². The molecule has 2 amide bonds. The summed E-state index contributed by atoms with van der Waals surface area (Å²) in [5.41, 5.74) is 2.75. The standard InChI is InChI=1S/C26H23N5O4S3/c1-16-13-17(2)28-26(27-16)30-38(34,35)20-7-8-22-18(14-20)9-10-31(22)25(33)21(15-19-5-3-11-36-19)29-24(32)23-6-4-12-37-23/h3-8,11-15H,9-10H2,1-2H3,(H,29,32)(H,27,28,30). The smallest absolute Gasteiger partial charge is 0.274 e. The van der Waals surface area contributed by atoms with Crippen molar-refractivity contribution in [1.82, 2.24) is 15.3 Å². The largest absolute Gasteiger partial charge is 0.317 e. The van der Waals surface area contributed by atoms with E-state index in [-0.39, 0.29) is 28.4 Å². The van der Waals surface area contributed by atoms with Crippen LogP contribution in [-0.2, 0) is 21.2 Å². The molecule has 0 aliphatic carbocycles. The molecular formula is C26H23N5O4S3. The van der Waals surface area contributed by atoms with E-state index in [1.54, 1.807) is 60.5 Å². The molecule has 5 rings (SSSR count). The van der Waals surface area contributed by atoms with Crippen molar-refractivity contribution < 1.29 is 18.0 Å². The molecule has 0 bridgehead atoms. The number of anilines is 2. The number of hydrogen-bond acceptors (Lipinski definition) is 8. The lowest BCUT2D eigenvalue weighted by molar-refractivity contribution is -0.115. The van der Waals surface area contributed by atoms with Gasteiger partial charge in [0, 0.05) is 28.5 Å². The van der Waals surface area contributed by atoms with Crippen molar-refractivity contribution in [3.05, 3.63) is 91.7 Å². The van der Waals surface area contributed by atoms with Gasteiger partial charge in [0.15, 0.2) is 0 Å². The Morgan fingerprint density at radius 3 is 2.42 bits per heavy atom. The molecule has 3 aromatic heterocycles. The Morgan fingerprint density at radius 2 is 1.74 bits per heavy atom. The second kappa shape index (κ2) is 10.5. The summed E-state index contributed by atoms with van der Waals surface area (Å²) in [5, 5.41) is 6.45. The summed E-state index contributed by atoms with van der Waals surface area (Å²) >= 11 is 2.73. The molecule has 0 saturated heterocycles. The van der Waals surface area contributed by atoms with Crippen molar-refractivity contribution >= 4 is 62.2 Å². The molecule has 0 saturated carbocycles. The third kappa shape index (κ3) is 5.52. The van der Waals surface area contributed by atoms with E-state index in [2.05, 4.69) is 20.0 Å². The predicted molar refractivity (Wildman–Crippen MR) is 149 cm³/mol. The second-order valence-corrected chi connectivity index (χ2v) is 12.2. The van der Waals surface area contributed by atoms with Gasteiger partial charge in [-0.3, -0.25) is 9.59 Å². The van der Waals surface area contributed by atoms with Gasteiger partial charge in [-0.1, -0.05) is 12.1 Å². The van der Waals surface area contributed by atoms with Gasteiger partial charge in [-0.25, -0.2) is 23.1 Å². The summed E-state index contributed by atoms with van der Waals surface area (Å²) in [6.07, 6.45) is 2.12. The lowest BCUT2D eigenvalue weighted by Gasteiger charge is -2.20. The average molecular weight is 566 g/mol. The zero-order valence-electron chi connectivity index (χ0n) is 20.5. The van der Waals surface area contributed by atoms with Crippen molar-refractivity contribution in [3.8, 4) is 0 Å². The molecule has 4 aromatic rings. The van der Waals surface area contributed by atoms with Crippen LogP contribution in [0.2, 0.25) is 0 Å². The van der Waals surface area contributed by atoms with Crippen LogP contribution in [0.25, 0.3) is 6.08 Å². The minimum Gasteiger partial charge on any atom is -0.317 e. The number of carbonyl (C=O) groups excluding carboxylic acids is 2. The number of nitrogens with one attached hydrogen (secondary N) is 2. The van der Waals surface area contributed by atoms with Crippen molar-refractivity contribution in [1.29, 1.82) is 0 Å². The highest BCUT2D eigenvalue weighted by atomic mass is 32.2. The van der Waals surface area contributed by atoms with Crippen LogP contribution >= 0.6 is 22.7 Å². The quantitative estimate of drug-likeness (QED) is 0.321. The van der Waals surface area contributed by atoms with E-state index in [1.165, 1.54) is 28.7 Å². The molecule has 12 heteroatoms. The van der Waals surface area contributed by atoms with Gasteiger partial charge in [-0.15, -0.1) is 22.7 Å². The number of hydrogen-bond donors (Lipinski definition) is 2. The number of fused-ring (bicyclic) bond motifs is 1. The molecule has 4 heterocycles. The summed E-state index contributed by atoms with van der Waals surface area (Å²) in [4.78, 5) is 37.6. The van der Waals surface area contributed by atoms with Gasteiger partial charge < -0.3 is 10.2 Å². The summed E-state index contributed by atoms with van der Waals surface area (Å²) in [7, 11) is -3.94. The molecule has 0 spiro atoms. The summed E-state index contributed by atoms with van der Waals surface area (Å²) < 4.78 is 28.5. The highest BCUT2D eigenvalue weighted by molar-refractivity contribution is 7.92. The van der Waals surface area contributed by atoms with Gasteiger partial charge in [0.1, 0.15) is 5.70 Å². The first kappa shape index (κ1) is 25.8. The number of rotatable bonds is 7. The topological polar surface area (TPSA) is 121 Å². The number of carbonyl (C=O) groups is 2. The molecule has 194 valence electrons. The molecular weight excluding hydrogens is 543 g/mol. The highest BCUT2D eigenvalue weighted by Gasteiger charge is 2.30. The van der Waals surface area contributed by atoms with Crippen LogP contribution in [0.3, 0.4) is 0 Å². The molecule has 0 unspecified atom stereocenters. The van der Waals surface area contributed by atoms with Crippen LogP contribution in [0, 0.1) is 13.8 Å². The van der Waals surface area contributed by atoms with Gasteiger partial charge in [0.2, 0.25) is 5.95 Å². The van der Waals surface area contributed by atoms with E-state index in [1.807, 2.05) is 17.5 Å². The third-order valence-electron chi connectivity index (χ3n) is 5.76. The van der Waals surface area contributed by atoms with Crippen molar-refractivity contribution in [2.75, 3.05) is 16.2 Å². The fraction of sp³-hybridized carbons (Fsp3) is 0.154. The number of benzene rings is 1. The van der Waals surface area contributed by atoms with Gasteiger partial charge in [0.05, 0.1) is 9.77 Å². The molecule has 1 aliphatic heterocycles. The Bertz CT molecular complexity index is 1630. The summed E-state index contributed by atoms with van der Waals surface area (Å²) in [5.74, 6) is -0.735. The zero-order valence-corrected chi connectivity index (χ0v) is 22.9. The molecule has 1 aromatic carbocycles. The first-order chi connectivity index (χ1) is 18.2. The third-order valence-corrected chi connectivity index (χ3v) is 8.78. The number of sulfonamides is 1. The Hall–Kier alpha value is -3.87. The molecule has 0 fully saturated rings. The van der Waals surface area contributed by atoms with Crippen LogP contribution in [-0.4, -0.2) is 36.7 Å². The fourth-order valence-electron chi connectivity index (χ4n) is 4.11. The van der Waals surface area contributed by atoms with Crippen LogP contribution in [0.15, 0.2) is 69.9 Å². The van der Waals surface area contributed by atoms with Crippen LogP contribution in [0.4, 0.5) is 11.6 Å². The van der Waals surface area contributed by atoms with Gasteiger partial charge >= 0.3 is 0 Å². The van der Waals surface area contributed by atoms with Crippen molar-refractivity contribution in [2.24, 2.45) is 0 Å². The second-order valence-electron chi connectivity index (χ2n) is 8.58. The molecule has 0 atom stereocenters. The monoisotopic (exact) mass is 565 g/mol. The first-order valence-corrected chi connectivity index (χ1v) is 14.8. The van der Waals surface area contributed by atoms with Crippen molar-refractivity contribution in [2.45, 2.75) is 25.2 Å². The highest BCUT2D eigenvalue weighted by Crippen LogP contribution is 2.32. The lowest BCUT2D eigenvalue weighted by atomic mass is 10.2. The lowest BCUT2D eigenvalue weighted by Crippen LogP contribution is -2.37. The summed E-state index contributed by atoms with van der Waals surface area (Å²) in [6.45, 7) is 3.87. The van der Waals surface area contributed by atoms with E-state index < -0.39 is 10.0 Å². The molecule has 9 nitrogen and oxygen atoms in total. The minimum atomic E-state index is -3.94. The molecule has 1 aliphatic rings. The average Bonchev–Trinajstić information content (AvgIpc) is 3.64. The Morgan fingerprint density at radius 1 is 1.00 bits per heavy atom. The van der Waals surface area contributed by atoms with E-state index in [9.17, 15) is 18.0 Å². The van der Waals surface area contributed by atoms with E-state index in [0.29, 0.717) is 40.5 Å². The number of nitrogens with zero attached hydrogens (tertiary/aromatic N) is 3.